The Morgan fingerprint density at radius 1 is 1.04 bits per heavy atom. The lowest BCUT2D eigenvalue weighted by Gasteiger charge is -2.31. The highest BCUT2D eigenvalue weighted by Gasteiger charge is 2.43. The molecule has 0 saturated carbocycles. The fraction of sp³-hybridized carbons (Fsp3) is 0.0909. The van der Waals surface area contributed by atoms with Crippen molar-refractivity contribution in [3.63, 3.8) is 0 Å². The van der Waals surface area contributed by atoms with Crippen LogP contribution in [0, 0.1) is 12.3 Å². The molecule has 6 heteroatoms. The van der Waals surface area contributed by atoms with Crippen LogP contribution in [-0.2, 0) is 24.7 Å². The minimum absolute atomic E-state index is 0.0173. The third kappa shape index (κ3) is 3.80. The van der Waals surface area contributed by atoms with Crippen molar-refractivity contribution in [3.8, 4) is 18.1 Å². The van der Waals surface area contributed by atoms with Crippen LogP contribution in [0.25, 0.3) is 0 Å². The molecule has 28 heavy (non-hydrogen) atoms. The Balaban J connectivity index is 2.16. The number of terminal acetylenes is 1. The highest BCUT2D eigenvalue weighted by Crippen LogP contribution is 2.36. The molecular formula is C22H17NO5. The number of ether oxygens (including phenoxy) is 3. The highest BCUT2D eigenvalue weighted by molar-refractivity contribution is 6.00. The van der Waals surface area contributed by atoms with Gasteiger partial charge >= 0.3 is 11.9 Å². The number of para-hydroxylation sites is 1. The van der Waals surface area contributed by atoms with Gasteiger partial charge in [-0.25, -0.2) is 9.59 Å². The summed E-state index contributed by atoms with van der Waals surface area (Å²) in [6, 6.07) is 17.4. The molecule has 0 aromatic heterocycles. The molecular weight excluding hydrogens is 358 g/mol. The van der Waals surface area contributed by atoms with Gasteiger partial charge < -0.3 is 19.9 Å². The first-order chi connectivity index (χ1) is 13.6. The van der Waals surface area contributed by atoms with Crippen LogP contribution in [0.15, 0.2) is 84.3 Å². The number of hydrogen-bond acceptors (Lipinski definition) is 6. The number of nitrogens with two attached hydrogens (primary N) is 1. The van der Waals surface area contributed by atoms with Crippen LogP contribution in [0.5, 0.6) is 5.75 Å². The van der Waals surface area contributed by atoms with Crippen molar-refractivity contribution in [2.75, 3.05) is 6.54 Å². The van der Waals surface area contributed by atoms with Crippen LogP contribution >= 0.6 is 0 Å². The normalized spacial score (nSPS) is 19.9. The van der Waals surface area contributed by atoms with Crippen molar-refractivity contribution in [2.24, 2.45) is 5.73 Å². The Morgan fingerprint density at radius 2 is 1.68 bits per heavy atom. The van der Waals surface area contributed by atoms with Gasteiger partial charge in [-0.3, -0.25) is 0 Å². The SMILES string of the molecule is C#CC(Oc1ccccc1)(/C1=C\C(=O)O/C(CN)=C\OC1=O)c1ccccc1. The molecule has 140 valence electrons. The number of hydrogen-bond donors (Lipinski definition) is 1. The van der Waals surface area contributed by atoms with Crippen molar-refractivity contribution in [1.82, 2.24) is 0 Å². The summed E-state index contributed by atoms with van der Waals surface area (Å²) in [6.45, 7) is -0.109. The average Bonchev–Trinajstić information content (AvgIpc) is 2.73. The zero-order chi connectivity index (χ0) is 20.0. The number of esters is 2. The van der Waals surface area contributed by atoms with E-state index in [2.05, 4.69) is 5.92 Å². The minimum Gasteiger partial charge on any atom is -0.466 e. The third-order valence-corrected chi connectivity index (χ3v) is 3.99. The van der Waals surface area contributed by atoms with E-state index in [4.69, 9.17) is 26.4 Å². The van der Waals surface area contributed by atoms with Crippen LogP contribution in [0.2, 0.25) is 0 Å². The standard InChI is InChI=1S/C22H17NO5/c1-2-22(16-9-5-3-6-10-16,28-17-11-7-4-8-12-17)19-13-20(24)27-18(14-23)15-26-21(19)25/h1,3-13,15H,14,23H2/b18-15-,19-13-. The fourth-order valence-corrected chi connectivity index (χ4v) is 2.68. The molecule has 1 heterocycles. The average molecular weight is 375 g/mol. The lowest BCUT2D eigenvalue weighted by molar-refractivity contribution is -0.140. The van der Waals surface area contributed by atoms with Crippen LogP contribution in [0.4, 0.5) is 0 Å². The summed E-state index contributed by atoms with van der Waals surface area (Å²) in [5.41, 5.74) is 4.02. The summed E-state index contributed by atoms with van der Waals surface area (Å²) in [5, 5.41) is 0. The predicted octanol–water partition coefficient (Wildman–Crippen LogP) is 2.42. The van der Waals surface area contributed by atoms with Gasteiger partial charge in [0.25, 0.3) is 0 Å². The Kier molecular flexibility index (Phi) is 5.58. The van der Waals surface area contributed by atoms with E-state index in [0.29, 0.717) is 11.3 Å². The molecule has 6 nitrogen and oxygen atoms in total. The predicted molar refractivity (Wildman–Crippen MR) is 101 cm³/mol. The van der Waals surface area contributed by atoms with E-state index in [1.165, 1.54) is 0 Å². The van der Waals surface area contributed by atoms with Crippen LogP contribution in [0.3, 0.4) is 0 Å². The molecule has 1 atom stereocenters. The van der Waals surface area contributed by atoms with Crippen LogP contribution in [0.1, 0.15) is 5.56 Å². The van der Waals surface area contributed by atoms with Gasteiger partial charge in [-0.1, -0.05) is 48.5 Å². The number of carbonyl (C=O) groups is 2. The van der Waals surface area contributed by atoms with E-state index in [0.717, 1.165) is 12.3 Å². The zero-order valence-electron chi connectivity index (χ0n) is 14.8. The Hall–Kier alpha value is -3.82. The van der Waals surface area contributed by atoms with Crippen molar-refractivity contribution >= 4 is 11.9 Å². The van der Waals surface area contributed by atoms with E-state index >= 15 is 0 Å². The first kappa shape index (κ1) is 19.0. The molecule has 0 bridgehead atoms. The Morgan fingerprint density at radius 3 is 2.29 bits per heavy atom. The first-order valence-electron chi connectivity index (χ1n) is 8.40. The zero-order valence-corrected chi connectivity index (χ0v) is 14.8. The van der Waals surface area contributed by atoms with E-state index < -0.39 is 17.5 Å². The largest absolute Gasteiger partial charge is 0.466 e. The molecule has 0 fully saturated rings. The molecule has 1 aliphatic rings. The smallest absolute Gasteiger partial charge is 0.344 e. The van der Waals surface area contributed by atoms with E-state index in [1.807, 2.05) is 6.07 Å². The molecule has 0 aliphatic carbocycles. The van der Waals surface area contributed by atoms with Gasteiger partial charge in [0.15, 0.2) is 5.76 Å². The van der Waals surface area contributed by atoms with Gasteiger partial charge in [0.2, 0.25) is 5.60 Å². The quantitative estimate of drug-likeness (QED) is 0.638. The lowest BCUT2D eigenvalue weighted by Crippen LogP contribution is -2.38. The maximum Gasteiger partial charge on any atom is 0.344 e. The molecule has 0 amide bonds. The van der Waals surface area contributed by atoms with Gasteiger partial charge in [-0.2, -0.15) is 0 Å². The van der Waals surface area contributed by atoms with Gasteiger partial charge in [0.05, 0.1) is 6.54 Å². The van der Waals surface area contributed by atoms with Crippen molar-refractivity contribution in [3.05, 3.63) is 89.9 Å². The number of carbonyl (C=O) groups excluding carboxylic acids is 2. The molecule has 0 radical (unpaired) electrons. The van der Waals surface area contributed by atoms with E-state index in [-0.39, 0.29) is 17.9 Å². The van der Waals surface area contributed by atoms with E-state index in [9.17, 15) is 9.59 Å². The fourth-order valence-electron chi connectivity index (χ4n) is 2.68. The van der Waals surface area contributed by atoms with Gasteiger partial charge in [-0.05, 0) is 18.1 Å². The molecule has 2 N–H and O–H groups in total. The Labute approximate surface area is 162 Å². The van der Waals surface area contributed by atoms with Crippen molar-refractivity contribution in [2.45, 2.75) is 5.60 Å². The second-order valence-corrected chi connectivity index (χ2v) is 5.78. The molecule has 1 unspecified atom stereocenters. The summed E-state index contributed by atoms with van der Waals surface area (Å²) < 4.78 is 16.3. The van der Waals surface area contributed by atoms with Crippen molar-refractivity contribution < 1.29 is 23.8 Å². The summed E-state index contributed by atoms with van der Waals surface area (Å²) in [5.74, 6) is 1.30. The summed E-state index contributed by atoms with van der Waals surface area (Å²) in [6.07, 6.45) is 7.82. The third-order valence-electron chi connectivity index (χ3n) is 3.99. The van der Waals surface area contributed by atoms with Gasteiger partial charge in [-0.15, -0.1) is 6.42 Å². The summed E-state index contributed by atoms with van der Waals surface area (Å²) in [4.78, 5) is 25.1. The topological polar surface area (TPSA) is 87.8 Å². The maximum absolute atomic E-state index is 12.8. The van der Waals surface area contributed by atoms with E-state index in [1.54, 1.807) is 54.6 Å². The Bertz CT molecular complexity index is 973. The molecule has 3 rings (SSSR count). The summed E-state index contributed by atoms with van der Waals surface area (Å²) in [7, 11) is 0. The van der Waals surface area contributed by atoms with Crippen LogP contribution < -0.4 is 10.5 Å². The van der Waals surface area contributed by atoms with Gasteiger partial charge in [0.1, 0.15) is 17.6 Å². The van der Waals surface area contributed by atoms with Crippen molar-refractivity contribution in [1.29, 1.82) is 0 Å². The first-order valence-corrected chi connectivity index (χ1v) is 8.40. The number of rotatable bonds is 5. The molecule has 0 saturated heterocycles. The van der Waals surface area contributed by atoms with Gasteiger partial charge in [0, 0.05) is 11.6 Å². The maximum atomic E-state index is 12.8. The number of cyclic esters (lactones) is 2. The molecule has 2 aromatic rings. The molecule has 1 aliphatic heterocycles. The highest BCUT2D eigenvalue weighted by atomic mass is 16.6. The minimum atomic E-state index is -1.72. The van der Waals surface area contributed by atoms with Crippen LogP contribution in [-0.4, -0.2) is 18.5 Å². The second kappa shape index (κ2) is 8.25. The lowest BCUT2D eigenvalue weighted by atomic mass is 9.85. The monoisotopic (exact) mass is 375 g/mol. The molecule has 2 aromatic carbocycles. The second-order valence-electron chi connectivity index (χ2n) is 5.78. The number of benzene rings is 2. The summed E-state index contributed by atoms with van der Waals surface area (Å²) >= 11 is 0. The molecule has 0 spiro atoms.